The molecule has 1 aromatic rings. The first kappa shape index (κ1) is 16.4. The van der Waals surface area contributed by atoms with E-state index in [0.29, 0.717) is 18.9 Å². The Morgan fingerprint density at radius 2 is 1.88 bits per heavy atom. The normalized spacial score (nSPS) is 24.1. The van der Waals surface area contributed by atoms with Crippen LogP contribution in [0, 0.1) is 5.92 Å². The number of carbonyl (C=O) groups excluding carboxylic acids is 2. The SMILES string of the molecule is O=C(NC1(C(=O)NCC2CC2)CCCC1)[C@H]1CCOc2ccccc21. The zero-order valence-electron chi connectivity index (χ0n) is 14.6. The monoisotopic (exact) mass is 342 g/mol. The molecule has 2 N–H and O–H groups in total. The molecule has 0 saturated heterocycles. The summed E-state index contributed by atoms with van der Waals surface area (Å²) >= 11 is 0. The summed E-state index contributed by atoms with van der Waals surface area (Å²) in [4.78, 5) is 25.8. The molecule has 134 valence electrons. The van der Waals surface area contributed by atoms with E-state index >= 15 is 0 Å². The Morgan fingerprint density at radius 3 is 2.64 bits per heavy atom. The summed E-state index contributed by atoms with van der Waals surface area (Å²) in [5.41, 5.74) is 0.206. The molecule has 0 bridgehead atoms. The van der Waals surface area contributed by atoms with Gasteiger partial charge in [0.15, 0.2) is 0 Å². The van der Waals surface area contributed by atoms with Crippen LogP contribution in [0.15, 0.2) is 24.3 Å². The Hall–Kier alpha value is -2.04. The number of hydrogen-bond donors (Lipinski definition) is 2. The van der Waals surface area contributed by atoms with Gasteiger partial charge in [-0.15, -0.1) is 0 Å². The van der Waals surface area contributed by atoms with Gasteiger partial charge in [-0.2, -0.15) is 0 Å². The van der Waals surface area contributed by atoms with Crippen molar-refractivity contribution < 1.29 is 14.3 Å². The third kappa shape index (κ3) is 3.37. The van der Waals surface area contributed by atoms with E-state index in [-0.39, 0.29) is 17.7 Å². The summed E-state index contributed by atoms with van der Waals surface area (Å²) < 4.78 is 5.66. The van der Waals surface area contributed by atoms with Gasteiger partial charge in [-0.1, -0.05) is 31.0 Å². The van der Waals surface area contributed by atoms with Crippen molar-refractivity contribution in [2.75, 3.05) is 13.2 Å². The van der Waals surface area contributed by atoms with Crippen LogP contribution in [-0.4, -0.2) is 30.5 Å². The van der Waals surface area contributed by atoms with Crippen molar-refractivity contribution in [3.05, 3.63) is 29.8 Å². The van der Waals surface area contributed by atoms with E-state index in [1.54, 1.807) is 0 Å². The van der Waals surface area contributed by atoms with Gasteiger partial charge in [0.2, 0.25) is 11.8 Å². The molecule has 3 aliphatic rings. The number of benzene rings is 1. The fourth-order valence-corrected chi connectivity index (χ4v) is 4.05. The van der Waals surface area contributed by atoms with E-state index in [1.807, 2.05) is 24.3 Å². The molecule has 25 heavy (non-hydrogen) atoms. The van der Waals surface area contributed by atoms with Crippen LogP contribution in [0.2, 0.25) is 0 Å². The summed E-state index contributed by atoms with van der Waals surface area (Å²) in [6.45, 7) is 1.28. The second-order valence-electron chi connectivity index (χ2n) is 7.66. The van der Waals surface area contributed by atoms with Crippen LogP contribution in [0.5, 0.6) is 5.75 Å². The highest BCUT2D eigenvalue weighted by Crippen LogP contribution is 2.36. The number of carbonyl (C=O) groups is 2. The fraction of sp³-hybridized carbons (Fsp3) is 0.600. The van der Waals surface area contributed by atoms with E-state index in [0.717, 1.165) is 43.5 Å². The molecular formula is C20H26N2O3. The molecule has 2 saturated carbocycles. The highest BCUT2D eigenvalue weighted by atomic mass is 16.5. The van der Waals surface area contributed by atoms with Crippen LogP contribution >= 0.6 is 0 Å². The van der Waals surface area contributed by atoms with E-state index in [4.69, 9.17) is 4.74 Å². The van der Waals surface area contributed by atoms with Gasteiger partial charge in [0, 0.05) is 12.1 Å². The first-order valence-electron chi connectivity index (χ1n) is 9.50. The summed E-state index contributed by atoms with van der Waals surface area (Å²) in [6.07, 6.45) is 6.52. The Balaban J connectivity index is 1.48. The van der Waals surface area contributed by atoms with Crippen molar-refractivity contribution in [1.29, 1.82) is 0 Å². The van der Waals surface area contributed by atoms with Gasteiger partial charge in [-0.3, -0.25) is 9.59 Å². The molecule has 1 aliphatic heterocycles. The third-order valence-electron chi connectivity index (χ3n) is 5.78. The van der Waals surface area contributed by atoms with Crippen molar-refractivity contribution in [1.82, 2.24) is 10.6 Å². The minimum Gasteiger partial charge on any atom is -0.493 e. The highest BCUT2D eigenvalue weighted by molar-refractivity contribution is 5.94. The topological polar surface area (TPSA) is 67.4 Å². The standard InChI is InChI=1S/C20H26N2O3/c23-18(16-9-12-25-17-6-2-1-5-15(16)17)22-20(10-3-4-11-20)19(24)21-13-14-7-8-14/h1-2,5-6,14,16H,3-4,7-13H2,(H,21,24)(H,22,23)/t16-/m0/s1. The number of rotatable bonds is 5. The minimum absolute atomic E-state index is 0.00518. The molecule has 1 aromatic carbocycles. The predicted molar refractivity (Wildman–Crippen MR) is 94.4 cm³/mol. The fourth-order valence-electron chi connectivity index (χ4n) is 4.05. The minimum atomic E-state index is -0.723. The smallest absolute Gasteiger partial charge is 0.245 e. The number of ether oxygens (including phenoxy) is 1. The molecule has 5 nitrogen and oxygen atoms in total. The molecule has 2 amide bonds. The quantitative estimate of drug-likeness (QED) is 0.864. The van der Waals surface area contributed by atoms with Crippen LogP contribution in [0.1, 0.15) is 56.4 Å². The number of para-hydroxylation sites is 1. The van der Waals surface area contributed by atoms with Crippen LogP contribution in [0.3, 0.4) is 0 Å². The van der Waals surface area contributed by atoms with Crippen molar-refractivity contribution in [3.63, 3.8) is 0 Å². The van der Waals surface area contributed by atoms with Gasteiger partial charge < -0.3 is 15.4 Å². The lowest BCUT2D eigenvalue weighted by Crippen LogP contribution is -2.58. The van der Waals surface area contributed by atoms with Crippen molar-refractivity contribution >= 4 is 11.8 Å². The first-order chi connectivity index (χ1) is 12.2. The van der Waals surface area contributed by atoms with Gasteiger partial charge in [-0.05, 0) is 44.1 Å². The molecule has 4 rings (SSSR count). The number of amides is 2. The zero-order valence-corrected chi connectivity index (χ0v) is 14.6. The Morgan fingerprint density at radius 1 is 1.12 bits per heavy atom. The van der Waals surface area contributed by atoms with E-state index < -0.39 is 5.54 Å². The maximum Gasteiger partial charge on any atom is 0.245 e. The van der Waals surface area contributed by atoms with E-state index in [1.165, 1.54) is 12.8 Å². The van der Waals surface area contributed by atoms with Gasteiger partial charge in [0.25, 0.3) is 0 Å². The average molecular weight is 342 g/mol. The molecule has 2 aliphatic carbocycles. The summed E-state index contributed by atoms with van der Waals surface area (Å²) in [5, 5.41) is 6.22. The van der Waals surface area contributed by atoms with Crippen LogP contribution in [0.25, 0.3) is 0 Å². The first-order valence-corrected chi connectivity index (χ1v) is 9.50. The van der Waals surface area contributed by atoms with E-state index in [2.05, 4.69) is 10.6 Å². The molecule has 1 atom stereocenters. The number of fused-ring (bicyclic) bond motifs is 1. The second kappa shape index (κ2) is 6.70. The van der Waals surface area contributed by atoms with Gasteiger partial charge >= 0.3 is 0 Å². The highest BCUT2D eigenvalue weighted by Gasteiger charge is 2.44. The van der Waals surface area contributed by atoms with Crippen molar-refractivity contribution in [3.8, 4) is 5.75 Å². The lowest BCUT2D eigenvalue weighted by Gasteiger charge is -2.32. The molecule has 0 unspecified atom stereocenters. The molecule has 5 heteroatoms. The second-order valence-corrected chi connectivity index (χ2v) is 7.66. The van der Waals surface area contributed by atoms with Crippen molar-refractivity contribution in [2.24, 2.45) is 5.92 Å². The number of hydrogen-bond acceptors (Lipinski definition) is 3. The molecular weight excluding hydrogens is 316 g/mol. The van der Waals surface area contributed by atoms with Crippen LogP contribution < -0.4 is 15.4 Å². The lowest BCUT2D eigenvalue weighted by atomic mass is 9.89. The Labute approximate surface area is 148 Å². The molecule has 0 aromatic heterocycles. The van der Waals surface area contributed by atoms with Crippen LogP contribution in [0.4, 0.5) is 0 Å². The van der Waals surface area contributed by atoms with E-state index in [9.17, 15) is 9.59 Å². The Kier molecular flexibility index (Phi) is 4.40. The molecule has 2 fully saturated rings. The summed E-state index contributed by atoms with van der Waals surface area (Å²) in [5.74, 6) is 1.15. The van der Waals surface area contributed by atoms with Gasteiger partial charge in [0.05, 0.1) is 12.5 Å². The lowest BCUT2D eigenvalue weighted by molar-refractivity contribution is -0.134. The number of nitrogens with one attached hydrogen (secondary N) is 2. The summed E-state index contributed by atoms with van der Waals surface area (Å²) in [7, 11) is 0. The maximum absolute atomic E-state index is 13.0. The third-order valence-corrected chi connectivity index (χ3v) is 5.78. The molecule has 0 radical (unpaired) electrons. The van der Waals surface area contributed by atoms with Gasteiger partial charge in [0.1, 0.15) is 11.3 Å². The maximum atomic E-state index is 13.0. The van der Waals surface area contributed by atoms with Crippen LogP contribution in [-0.2, 0) is 9.59 Å². The summed E-state index contributed by atoms with van der Waals surface area (Å²) in [6, 6.07) is 7.71. The largest absolute Gasteiger partial charge is 0.493 e. The molecule has 1 heterocycles. The Bertz CT molecular complexity index is 663. The molecule has 0 spiro atoms. The predicted octanol–water partition coefficient (Wildman–Crippen LogP) is 2.51. The zero-order chi connectivity index (χ0) is 17.3. The van der Waals surface area contributed by atoms with Crippen molar-refractivity contribution in [2.45, 2.75) is 56.4 Å². The average Bonchev–Trinajstić information content (AvgIpc) is 3.36. The van der Waals surface area contributed by atoms with Gasteiger partial charge in [-0.25, -0.2) is 0 Å².